The Bertz CT molecular complexity index is 13.5. The van der Waals surface area contributed by atoms with Crippen LogP contribution in [-0.2, 0) is 0 Å². The average Bonchev–Trinajstić information content (AvgIpc) is 1.41. The van der Waals surface area contributed by atoms with Gasteiger partial charge in [0.05, 0.1) is 0 Å². The third-order valence-electron chi connectivity index (χ3n) is 0. The van der Waals surface area contributed by atoms with Gasteiger partial charge in [-0.05, 0) is 0 Å². The molecule has 0 unspecified atom stereocenters. The fourth-order valence-electron chi connectivity index (χ4n) is 0. The van der Waals surface area contributed by atoms with Crippen molar-refractivity contribution in [2.75, 3.05) is 0 Å². The Morgan fingerprint density at radius 3 is 1.17 bits per heavy atom. The number of hydrogen-bond acceptors (Lipinski definition) is 0. The summed E-state index contributed by atoms with van der Waals surface area (Å²) in [4.78, 5) is 0. The maximum atomic E-state index is 5.01. The van der Waals surface area contributed by atoms with E-state index in [-0.39, 0.29) is 0 Å². The molecular weight excluding hydrogens is 604 g/mol. The van der Waals surface area contributed by atoms with Gasteiger partial charge < -0.3 is 0 Å². The van der Waals surface area contributed by atoms with E-state index < -0.39 is 18.2 Å². The first-order valence-corrected chi connectivity index (χ1v) is 23.3. The molecule has 0 saturated carbocycles. The molecule has 0 aliphatic heterocycles. The number of halogens is 4. The van der Waals surface area contributed by atoms with Gasteiger partial charge in [-0.3, -0.25) is 0 Å². The van der Waals surface area contributed by atoms with Gasteiger partial charge in [-0.2, -0.15) is 0 Å². The molecule has 0 aliphatic rings. The predicted molar refractivity (Wildman–Crippen MR) is 40.8 cm³/mol. The summed E-state index contributed by atoms with van der Waals surface area (Å²) < 4.78 is 0. The number of rotatable bonds is 0. The summed E-state index contributed by atoms with van der Waals surface area (Å²) in [6.45, 7) is 0. The van der Waals surface area contributed by atoms with E-state index >= 15 is 0 Å². The van der Waals surface area contributed by atoms with Gasteiger partial charge in [0.15, 0.2) is 0 Å². The predicted octanol–water partition coefficient (Wildman–Crippen LogP) is 1.62. The van der Waals surface area contributed by atoms with Gasteiger partial charge >= 0.3 is 78.3 Å². The normalized spacial score (nSPS) is 7.00. The van der Waals surface area contributed by atoms with Crippen molar-refractivity contribution in [1.29, 1.82) is 0 Å². The molecule has 40 valence electrons. The third kappa shape index (κ3) is 27.4. The second-order valence-electron chi connectivity index (χ2n) is 0.192. The van der Waals surface area contributed by atoms with Gasteiger partial charge in [0.1, 0.15) is 0 Å². The molecule has 0 bridgehead atoms. The molecule has 0 atom stereocenters. The van der Waals surface area contributed by atoms with Crippen molar-refractivity contribution in [3.05, 3.63) is 0 Å². The quantitative estimate of drug-likeness (QED) is 0.368. The summed E-state index contributed by atoms with van der Waals surface area (Å²) in [5.74, 6) is 0. The molecule has 0 rings (SSSR count). The van der Waals surface area contributed by atoms with E-state index in [2.05, 4.69) is 12.2 Å². The van der Waals surface area contributed by atoms with Crippen molar-refractivity contribution in [2.24, 2.45) is 0 Å². The van der Waals surface area contributed by atoms with E-state index in [1.54, 1.807) is 0 Å². The van der Waals surface area contributed by atoms with Crippen LogP contribution in [0.5, 0.6) is 0 Å². The molecule has 0 N–H and O–H groups in total. The van der Waals surface area contributed by atoms with E-state index in [4.69, 9.17) is 25.5 Å². The Morgan fingerprint density at radius 1 is 1.17 bits per heavy atom. The van der Waals surface area contributed by atoms with E-state index in [1.807, 2.05) is 0 Å². The van der Waals surface area contributed by atoms with Gasteiger partial charge in [0.25, 0.3) is 0 Å². The van der Waals surface area contributed by atoms with Crippen LogP contribution in [0.3, 0.4) is 0 Å². The Labute approximate surface area is 76.5 Å². The van der Waals surface area contributed by atoms with Crippen LogP contribution in [0.25, 0.3) is 0 Å². The van der Waals surface area contributed by atoms with Gasteiger partial charge in [0.2, 0.25) is 0 Å². The fraction of sp³-hybridized carbons (Fsp3) is 0. The monoisotopic (exact) mass is 604 g/mol. The second kappa shape index (κ2) is 11.0. The summed E-state index contributed by atoms with van der Waals surface area (Å²) in [5.41, 5.74) is 0. The van der Waals surface area contributed by atoms with Crippen LogP contribution in [0.15, 0.2) is 0 Å². The molecule has 0 heterocycles. The SMILES string of the molecule is [Br][BiH2].[Cl][Bi]([Cl])[Cl]. The zero-order chi connectivity index (χ0) is 5.58. The van der Waals surface area contributed by atoms with Crippen LogP contribution >= 0.6 is 37.8 Å². The molecule has 0 spiro atoms. The standard InChI is InChI=1S/2Bi.BrH.3ClH.2H/h;;4*1H;;/q+1;+3;;;;;;/p-4. The summed E-state index contributed by atoms with van der Waals surface area (Å²) in [6, 6.07) is 0. The van der Waals surface area contributed by atoms with Crippen LogP contribution in [0.4, 0.5) is 0 Å². The van der Waals surface area contributed by atoms with E-state index in [9.17, 15) is 0 Å². The average molecular weight is 606 g/mol. The Hall–Kier alpha value is 3.12. The first-order chi connectivity index (χ1) is 2.73. The van der Waals surface area contributed by atoms with Gasteiger partial charge in [-0.1, -0.05) is 0 Å². The Kier molecular flexibility index (Phi) is 21.7. The van der Waals surface area contributed by atoms with E-state index in [0.717, 1.165) is 22.4 Å². The van der Waals surface area contributed by atoms with E-state index in [1.165, 1.54) is 0 Å². The molecular formula is H2Bi2BrCl3. The molecule has 6 heavy (non-hydrogen) atoms. The van der Waals surface area contributed by atoms with Crippen molar-refractivity contribution in [1.82, 2.24) is 0 Å². The van der Waals surface area contributed by atoms with Crippen LogP contribution in [0, 0.1) is 0 Å². The fourth-order valence-corrected chi connectivity index (χ4v) is 0. The first kappa shape index (κ1) is 11.9. The van der Waals surface area contributed by atoms with Crippen molar-refractivity contribution in [2.45, 2.75) is 0 Å². The van der Waals surface area contributed by atoms with Crippen LogP contribution in [0.2, 0.25) is 0 Å². The zero-order valence-electron chi connectivity index (χ0n) is 2.54. The van der Waals surface area contributed by atoms with Crippen molar-refractivity contribution < 1.29 is 0 Å². The Balaban J connectivity index is 0. The molecule has 0 fully saturated rings. The minimum atomic E-state index is -2.18. The molecule has 0 aromatic rings. The first-order valence-electron chi connectivity index (χ1n) is 0.725. The second-order valence-corrected chi connectivity index (χ2v) is 15.1. The summed E-state index contributed by atoms with van der Waals surface area (Å²) in [5, 5.41) is 0. The summed E-state index contributed by atoms with van der Waals surface area (Å²) >= 11 is 1.91. The number of hydrogen-bond donors (Lipinski definition) is 0. The zero-order valence-corrected chi connectivity index (χ0v) is 14.4. The summed E-state index contributed by atoms with van der Waals surface area (Å²) in [7, 11) is 15.0. The molecule has 0 amide bonds. The topological polar surface area (TPSA) is 0 Å². The van der Waals surface area contributed by atoms with Crippen molar-refractivity contribution in [3.63, 3.8) is 0 Å². The van der Waals surface area contributed by atoms with Crippen LogP contribution in [0.1, 0.15) is 0 Å². The summed E-state index contributed by atoms with van der Waals surface area (Å²) in [6.07, 6.45) is 0. The molecule has 0 aromatic heterocycles. The Morgan fingerprint density at radius 2 is 1.17 bits per heavy atom. The van der Waals surface area contributed by atoms with Gasteiger partial charge in [-0.15, -0.1) is 0 Å². The molecule has 6 heteroatoms. The van der Waals surface area contributed by atoms with Crippen molar-refractivity contribution >= 4 is 78.3 Å². The third-order valence-corrected chi connectivity index (χ3v) is 0. The van der Waals surface area contributed by atoms with Crippen molar-refractivity contribution in [3.8, 4) is 0 Å². The van der Waals surface area contributed by atoms with Gasteiger partial charge in [0, 0.05) is 0 Å². The van der Waals surface area contributed by atoms with Gasteiger partial charge in [-0.25, -0.2) is 0 Å². The molecule has 0 saturated heterocycles. The maximum absolute atomic E-state index is 5.01. The molecule has 0 aliphatic carbocycles. The minimum absolute atomic E-state index is 0.979. The van der Waals surface area contributed by atoms with E-state index in [0.29, 0.717) is 0 Å². The molecule has 0 radical (unpaired) electrons. The molecule has 0 nitrogen and oxygen atoms in total. The van der Waals surface area contributed by atoms with Crippen LogP contribution in [-0.4, -0.2) is 40.5 Å². The van der Waals surface area contributed by atoms with Crippen LogP contribution < -0.4 is 0 Å². The molecule has 0 aromatic carbocycles.